The van der Waals surface area contributed by atoms with Crippen LogP contribution in [0.15, 0.2) is 18.2 Å². The number of nitrogens with zero attached hydrogens (tertiary/aromatic N) is 1. The molecule has 4 nitrogen and oxygen atoms in total. The zero-order chi connectivity index (χ0) is 13.5. The summed E-state index contributed by atoms with van der Waals surface area (Å²) in [4.78, 5) is 2.26. The van der Waals surface area contributed by atoms with Gasteiger partial charge in [0, 0.05) is 31.8 Å². The number of benzene rings is 1. The van der Waals surface area contributed by atoms with Gasteiger partial charge < -0.3 is 15.2 Å². The lowest BCUT2D eigenvalue weighted by molar-refractivity contribution is 0.112. The molecule has 0 aromatic heterocycles. The van der Waals surface area contributed by atoms with E-state index in [0.717, 1.165) is 24.5 Å². The zero-order valence-corrected chi connectivity index (χ0v) is 11.8. The van der Waals surface area contributed by atoms with Gasteiger partial charge >= 0.3 is 0 Å². The molecule has 102 valence electrons. The quantitative estimate of drug-likeness (QED) is 0.801. The fourth-order valence-corrected chi connectivity index (χ4v) is 1.90. The maximum atomic E-state index is 5.72. The van der Waals surface area contributed by atoms with Crippen molar-refractivity contribution >= 4 is 0 Å². The fraction of sp³-hybridized carbons (Fsp3) is 0.571. The molecule has 0 saturated heterocycles. The van der Waals surface area contributed by atoms with Gasteiger partial charge in [0.1, 0.15) is 5.75 Å². The molecule has 1 unspecified atom stereocenters. The maximum Gasteiger partial charge on any atom is 0.123 e. The van der Waals surface area contributed by atoms with Crippen LogP contribution in [0.1, 0.15) is 18.1 Å². The lowest BCUT2D eigenvalue weighted by atomic mass is 10.1. The molecule has 0 heterocycles. The van der Waals surface area contributed by atoms with Gasteiger partial charge in [-0.1, -0.05) is 6.07 Å². The molecule has 2 N–H and O–H groups in total. The van der Waals surface area contributed by atoms with Crippen LogP contribution in [0.3, 0.4) is 0 Å². The second kappa shape index (κ2) is 7.36. The number of hydrogen-bond acceptors (Lipinski definition) is 4. The molecule has 4 heteroatoms. The molecular weight excluding hydrogens is 228 g/mol. The van der Waals surface area contributed by atoms with Crippen LogP contribution in [0.5, 0.6) is 5.75 Å². The molecule has 0 aliphatic carbocycles. The summed E-state index contributed by atoms with van der Waals surface area (Å²) in [5.41, 5.74) is 8.00. The summed E-state index contributed by atoms with van der Waals surface area (Å²) in [6, 6.07) is 6.55. The van der Waals surface area contributed by atoms with Crippen LogP contribution in [0.4, 0.5) is 0 Å². The van der Waals surface area contributed by atoms with E-state index in [2.05, 4.69) is 31.0 Å². The predicted molar refractivity (Wildman–Crippen MR) is 73.7 cm³/mol. The molecule has 1 atom stereocenters. The van der Waals surface area contributed by atoms with Crippen LogP contribution in [-0.2, 0) is 17.8 Å². The SMILES string of the molecule is COCC(C)N(C)Cc1ccc(OC)c(CN)c1. The summed E-state index contributed by atoms with van der Waals surface area (Å²) in [7, 11) is 5.49. The van der Waals surface area contributed by atoms with Gasteiger partial charge in [0.05, 0.1) is 13.7 Å². The van der Waals surface area contributed by atoms with E-state index in [0.29, 0.717) is 12.6 Å². The summed E-state index contributed by atoms with van der Waals surface area (Å²) in [6.07, 6.45) is 0. The number of nitrogens with two attached hydrogens (primary N) is 1. The Morgan fingerprint density at radius 2 is 2.06 bits per heavy atom. The second-order valence-corrected chi connectivity index (χ2v) is 4.57. The Morgan fingerprint density at radius 1 is 1.33 bits per heavy atom. The monoisotopic (exact) mass is 252 g/mol. The van der Waals surface area contributed by atoms with E-state index in [9.17, 15) is 0 Å². The van der Waals surface area contributed by atoms with Crippen LogP contribution in [0.2, 0.25) is 0 Å². The Hall–Kier alpha value is -1.10. The topological polar surface area (TPSA) is 47.7 Å². The molecule has 0 amide bonds. The van der Waals surface area contributed by atoms with Gasteiger partial charge in [-0.05, 0) is 31.7 Å². The summed E-state index contributed by atoms with van der Waals surface area (Å²) < 4.78 is 10.4. The molecule has 18 heavy (non-hydrogen) atoms. The average molecular weight is 252 g/mol. The van der Waals surface area contributed by atoms with Gasteiger partial charge in [-0.2, -0.15) is 0 Å². The van der Waals surface area contributed by atoms with Gasteiger partial charge in [0.2, 0.25) is 0 Å². The van der Waals surface area contributed by atoms with Crippen LogP contribution in [0, 0.1) is 0 Å². The Morgan fingerprint density at radius 3 is 2.61 bits per heavy atom. The van der Waals surface area contributed by atoms with Crippen molar-refractivity contribution in [2.24, 2.45) is 5.73 Å². The Kier molecular flexibility index (Phi) is 6.12. The van der Waals surface area contributed by atoms with Crippen molar-refractivity contribution in [3.05, 3.63) is 29.3 Å². The molecular formula is C14H24N2O2. The third-order valence-electron chi connectivity index (χ3n) is 3.16. The molecule has 0 spiro atoms. The van der Waals surface area contributed by atoms with Crippen molar-refractivity contribution in [3.8, 4) is 5.75 Å². The van der Waals surface area contributed by atoms with Gasteiger partial charge in [0.25, 0.3) is 0 Å². The molecule has 1 rings (SSSR count). The number of rotatable bonds is 7. The fourth-order valence-electron chi connectivity index (χ4n) is 1.90. The highest BCUT2D eigenvalue weighted by atomic mass is 16.5. The molecule has 0 aliphatic rings. The van der Waals surface area contributed by atoms with Crippen molar-refractivity contribution in [1.29, 1.82) is 0 Å². The molecule has 1 aromatic rings. The van der Waals surface area contributed by atoms with Crippen molar-refractivity contribution in [1.82, 2.24) is 4.90 Å². The summed E-state index contributed by atoms with van der Waals surface area (Å²) >= 11 is 0. The Labute approximate surface area is 110 Å². The van der Waals surface area contributed by atoms with Crippen LogP contribution >= 0.6 is 0 Å². The minimum absolute atomic E-state index is 0.387. The highest BCUT2D eigenvalue weighted by Crippen LogP contribution is 2.20. The van der Waals surface area contributed by atoms with Gasteiger partial charge in [-0.15, -0.1) is 0 Å². The van der Waals surface area contributed by atoms with E-state index >= 15 is 0 Å². The average Bonchev–Trinajstić information content (AvgIpc) is 2.38. The molecule has 0 radical (unpaired) electrons. The lowest BCUT2D eigenvalue weighted by Crippen LogP contribution is -2.32. The number of ether oxygens (including phenoxy) is 2. The first-order chi connectivity index (χ1) is 8.62. The smallest absolute Gasteiger partial charge is 0.123 e. The zero-order valence-electron chi connectivity index (χ0n) is 11.8. The van der Waals surface area contributed by atoms with E-state index in [1.807, 2.05) is 6.07 Å². The largest absolute Gasteiger partial charge is 0.496 e. The van der Waals surface area contributed by atoms with Crippen molar-refractivity contribution in [3.63, 3.8) is 0 Å². The van der Waals surface area contributed by atoms with Gasteiger partial charge in [0.15, 0.2) is 0 Å². The molecule has 0 bridgehead atoms. The van der Waals surface area contributed by atoms with Crippen molar-refractivity contribution in [2.45, 2.75) is 26.1 Å². The molecule has 0 saturated carbocycles. The van der Waals surface area contributed by atoms with E-state index in [-0.39, 0.29) is 0 Å². The van der Waals surface area contributed by atoms with Crippen LogP contribution in [0.25, 0.3) is 0 Å². The van der Waals surface area contributed by atoms with E-state index < -0.39 is 0 Å². The molecule has 1 aromatic carbocycles. The number of likely N-dealkylation sites (N-methyl/N-ethyl adjacent to an activating group) is 1. The highest BCUT2D eigenvalue weighted by Gasteiger charge is 2.10. The second-order valence-electron chi connectivity index (χ2n) is 4.57. The third-order valence-corrected chi connectivity index (χ3v) is 3.16. The predicted octanol–water partition coefficient (Wildman–Crippen LogP) is 1.62. The van der Waals surface area contributed by atoms with Crippen molar-refractivity contribution in [2.75, 3.05) is 27.9 Å². The van der Waals surface area contributed by atoms with Crippen LogP contribution in [-0.4, -0.2) is 38.8 Å². The van der Waals surface area contributed by atoms with E-state index in [4.69, 9.17) is 15.2 Å². The summed E-state index contributed by atoms with van der Waals surface area (Å²) in [5.74, 6) is 0.855. The third kappa shape index (κ3) is 3.98. The van der Waals surface area contributed by atoms with E-state index in [1.165, 1.54) is 5.56 Å². The lowest BCUT2D eigenvalue weighted by Gasteiger charge is -2.24. The Bertz CT molecular complexity index is 369. The van der Waals surface area contributed by atoms with E-state index in [1.54, 1.807) is 14.2 Å². The van der Waals surface area contributed by atoms with Gasteiger partial charge in [-0.25, -0.2) is 0 Å². The molecule has 0 aliphatic heterocycles. The minimum atomic E-state index is 0.387. The molecule has 0 fully saturated rings. The normalized spacial score (nSPS) is 12.8. The number of hydrogen-bond donors (Lipinski definition) is 1. The first-order valence-electron chi connectivity index (χ1n) is 6.17. The first-order valence-corrected chi connectivity index (χ1v) is 6.17. The Balaban J connectivity index is 2.72. The van der Waals surface area contributed by atoms with Crippen molar-refractivity contribution < 1.29 is 9.47 Å². The highest BCUT2D eigenvalue weighted by molar-refractivity contribution is 5.37. The van der Waals surface area contributed by atoms with Gasteiger partial charge in [-0.3, -0.25) is 4.90 Å². The minimum Gasteiger partial charge on any atom is -0.496 e. The summed E-state index contributed by atoms with van der Waals surface area (Å²) in [6.45, 7) is 4.25. The standard InChI is InChI=1S/C14H24N2O2/c1-11(10-17-3)16(2)9-12-5-6-14(18-4)13(7-12)8-15/h5-7,11H,8-10,15H2,1-4H3. The first kappa shape index (κ1) is 15.0. The maximum absolute atomic E-state index is 5.72. The number of methoxy groups -OCH3 is 2. The van der Waals surface area contributed by atoms with Crippen LogP contribution < -0.4 is 10.5 Å². The summed E-state index contributed by atoms with van der Waals surface area (Å²) in [5, 5.41) is 0.